The van der Waals surface area contributed by atoms with E-state index in [1.165, 1.54) is 18.2 Å². The van der Waals surface area contributed by atoms with Crippen LogP contribution in [0.25, 0.3) is 0 Å². The third-order valence-corrected chi connectivity index (χ3v) is 5.42. The van der Waals surface area contributed by atoms with Crippen molar-refractivity contribution in [3.8, 4) is 0 Å². The minimum Gasteiger partial charge on any atom is -0.383 e. The monoisotopic (exact) mass is 348 g/mol. The smallest absolute Gasteiger partial charge is 0.255 e. The Morgan fingerprint density at radius 2 is 2.00 bits per heavy atom. The molecule has 0 radical (unpaired) electrons. The molecule has 0 bridgehead atoms. The molecule has 1 atom stereocenters. The second-order valence-corrected chi connectivity index (χ2v) is 6.94. The number of methoxy groups -OCH3 is 1. The lowest BCUT2D eigenvalue weighted by Crippen LogP contribution is -2.61. The third kappa shape index (κ3) is 3.15. The molecule has 136 valence electrons. The molecule has 1 aromatic rings. The van der Waals surface area contributed by atoms with Crippen LogP contribution in [0, 0.1) is 12.7 Å². The van der Waals surface area contributed by atoms with E-state index in [0.29, 0.717) is 50.2 Å². The highest BCUT2D eigenvalue weighted by molar-refractivity contribution is 6.00. The minimum absolute atomic E-state index is 0.0291. The van der Waals surface area contributed by atoms with Gasteiger partial charge in [-0.05, 0) is 56.4 Å². The Hall–Kier alpha value is -1.95. The number of halogens is 1. The Balaban J connectivity index is 1.88. The van der Waals surface area contributed by atoms with Crippen molar-refractivity contribution in [1.82, 2.24) is 9.80 Å². The van der Waals surface area contributed by atoms with Gasteiger partial charge < -0.3 is 14.5 Å². The van der Waals surface area contributed by atoms with Gasteiger partial charge in [0.1, 0.15) is 11.4 Å². The summed E-state index contributed by atoms with van der Waals surface area (Å²) in [6.45, 7) is 4.05. The maximum atomic E-state index is 13.4. The molecule has 2 saturated heterocycles. The van der Waals surface area contributed by atoms with Gasteiger partial charge in [0, 0.05) is 32.3 Å². The van der Waals surface area contributed by atoms with Crippen molar-refractivity contribution in [3.63, 3.8) is 0 Å². The fraction of sp³-hybridized carbons (Fsp3) is 0.579. The summed E-state index contributed by atoms with van der Waals surface area (Å²) in [5.74, 6) is -0.497. The van der Waals surface area contributed by atoms with Gasteiger partial charge in [-0.3, -0.25) is 9.59 Å². The number of aryl methyl sites for hydroxylation is 1. The molecule has 3 rings (SSSR count). The molecule has 1 unspecified atom stereocenters. The van der Waals surface area contributed by atoms with Crippen molar-refractivity contribution in [2.24, 2.45) is 0 Å². The Kier molecular flexibility index (Phi) is 5.08. The largest absolute Gasteiger partial charge is 0.383 e. The molecule has 0 aromatic heterocycles. The van der Waals surface area contributed by atoms with E-state index >= 15 is 0 Å². The van der Waals surface area contributed by atoms with Crippen LogP contribution >= 0.6 is 0 Å². The molecule has 25 heavy (non-hydrogen) atoms. The molecule has 2 aliphatic rings. The van der Waals surface area contributed by atoms with Gasteiger partial charge in [0.05, 0.1) is 6.61 Å². The normalized spacial score (nSPS) is 23.6. The summed E-state index contributed by atoms with van der Waals surface area (Å²) < 4.78 is 18.5. The first-order valence-electron chi connectivity index (χ1n) is 8.86. The van der Waals surface area contributed by atoms with Crippen LogP contribution in [0.5, 0.6) is 0 Å². The van der Waals surface area contributed by atoms with Crippen LogP contribution in [0.15, 0.2) is 18.2 Å². The van der Waals surface area contributed by atoms with E-state index in [4.69, 9.17) is 4.74 Å². The average molecular weight is 348 g/mol. The second-order valence-electron chi connectivity index (χ2n) is 6.94. The molecule has 2 amide bonds. The zero-order chi connectivity index (χ0) is 18.0. The maximum Gasteiger partial charge on any atom is 0.255 e. The van der Waals surface area contributed by atoms with Crippen LogP contribution in [-0.2, 0) is 9.53 Å². The van der Waals surface area contributed by atoms with Crippen molar-refractivity contribution >= 4 is 11.8 Å². The summed E-state index contributed by atoms with van der Waals surface area (Å²) >= 11 is 0. The molecule has 2 fully saturated rings. The van der Waals surface area contributed by atoms with Crippen LogP contribution in [0.2, 0.25) is 0 Å². The third-order valence-electron chi connectivity index (χ3n) is 5.42. The van der Waals surface area contributed by atoms with Crippen molar-refractivity contribution in [1.29, 1.82) is 0 Å². The van der Waals surface area contributed by atoms with Gasteiger partial charge in [-0.1, -0.05) is 0 Å². The van der Waals surface area contributed by atoms with E-state index in [1.807, 2.05) is 4.90 Å². The summed E-state index contributed by atoms with van der Waals surface area (Å²) in [5.41, 5.74) is 0.334. The number of carbonyl (C=O) groups is 2. The summed E-state index contributed by atoms with van der Waals surface area (Å²) in [7, 11) is 1.62. The zero-order valence-corrected chi connectivity index (χ0v) is 14.9. The predicted molar refractivity (Wildman–Crippen MR) is 91.8 cm³/mol. The highest BCUT2D eigenvalue weighted by Crippen LogP contribution is 2.39. The van der Waals surface area contributed by atoms with Crippen molar-refractivity contribution in [2.75, 3.05) is 33.4 Å². The maximum absolute atomic E-state index is 13.4. The molecule has 5 nitrogen and oxygen atoms in total. The number of benzene rings is 1. The first kappa shape index (κ1) is 17.9. The molecule has 0 saturated carbocycles. The van der Waals surface area contributed by atoms with E-state index in [-0.39, 0.29) is 17.6 Å². The van der Waals surface area contributed by atoms with Crippen LogP contribution in [0.3, 0.4) is 0 Å². The first-order chi connectivity index (χ1) is 12.0. The first-order valence-corrected chi connectivity index (χ1v) is 8.86. The van der Waals surface area contributed by atoms with Gasteiger partial charge in [-0.2, -0.15) is 0 Å². The highest BCUT2D eigenvalue weighted by Gasteiger charge is 2.52. The van der Waals surface area contributed by atoms with Crippen molar-refractivity contribution < 1.29 is 18.7 Å². The van der Waals surface area contributed by atoms with E-state index in [0.717, 1.165) is 12.8 Å². The fourth-order valence-electron chi connectivity index (χ4n) is 4.15. The average Bonchev–Trinajstić information content (AvgIpc) is 3.00. The van der Waals surface area contributed by atoms with E-state index in [2.05, 4.69) is 0 Å². The molecule has 2 aliphatic heterocycles. The van der Waals surface area contributed by atoms with E-state index in [1.54, 1.807) is 18.9 Å². The van der Waals surface area contributed by atoms with Crippen LogP contribution in [0.4, 0.5) is 4.39 Å². The second kappa shape index (κ2) is 7.12. The number of hydrogen-bond donors (Lipinski definition) is 0. The zero-order valence-electron chi connectivity index (χ0n) is 14.9. The quantitative estimate of drug-likeness (QED) is 0.839. The van der Waals surface area contributed by atoms with Crippen LogP contribution < -0.4 is 0 Å². The van der Waals surface area contributed by atoms with Gasteiger partial charge in [-0.25, -0.2) is 4.39 Å². The molecular formula is C19H25FN2O3. The van der Waals surface area contributed by atoms with Gasteiger partial charge >= 0.3 is 0 Å². The lowest BCUT2D eigenvalue weighted by Gasteiger charge is -2.44. The molecular weight excluding hydrogens is 323 g/mol. The summed E-state index contributed by atoms with van der Waals surface area (Å²) in [6, 6.07) is 4.19. The van der Waals surface area contributed by atoms with Crippen LogP contribution in [0.1, 0.15) is 41.6 Å². The lowest BCUT2D eigenvalue weighted by molar-refractivity contribution is -0.146. The molecule has 2 heterocycles. The Morgan fingerprint density at radius 3 is 2.68 bits per heavy atom. The summed E-state index contributed by atoms with van der Waals surface area (Å²) in [6.07, 6.45) is 3.08. The number of hydrogen-bond acceptors (Lipinski definition) is 3. The molecule has 6 heteroatoms. The number of rotatable bonds is 4. The molecule has 0 N–H and O–H groups in total. The summed E-state index contributed by atoms with van der Waals surface area (Å²) in [4.78, 5) is 29.8. The lowest BCUT2D eigenvalue weighted by atomic mass is 9.85. The molecule has 1 aromatic carbocycles. The number of piperidine rings is 1. The molecule has 1 spiro atoms. The molecule has 0 aliphatic carbocycles. The van der Waals surface area contributed by atoms with Gasteiger partial charge in [0.2, 0.25) is 5.91 Å². The number of likely N-dealkylation sites (tertiary alicyclic amines) is 2. The topological polar surface area (TPSA) is 49.9 Å². The standard InChI is InChI=1S/C19H25FN2O3/c1-14-13-15(20)5-6-16(14)17(23)22-10-4-8-19(22)7-3-9-21(18(19)24)11-12-25-2/h5-6,13H,3-4,7-12H2,1-2H3. The fourth-order valence-corrected chi connectivity index (χ4v) is 4.15. The number of amides is 2. The predicted octanol–water partition coefficient (Wildman–Crippen LogP) is 2.38. The summed E-state index contributed by atoms with van der Waals surface area (Å²) in [5, 5.41) is 0. The Bertz CT molecular complexity index is 679. The number of carbonyl (C=O) groups excluding carboxylic acids is 2. The Labute approximate surface area is 147 Å². The number of ether oxygens (including phenoxy) is 1. The van der Waals surface area contributed by atoms with Crippen LogP contribution in [-0.4, -0.2) is 60.5 Å². The minimum atomic E-state index is -0.746. The van der Waals surface area contributed by atoms with E-state index in [9.17, 15) is 14.0 Å². The Morgan fingerprint density at radius 1 is 1.28 bits per heavy atom. The van der Waals surface area contributed by atoms with Crippen molar-refractivity contribution in [3.05, 3.63) is 35.1 Å². The number of nitrogens with zero attached hydrogens (tertiary/aromatic N) is 2. The SMILES string of the molecule is COCCN1CCCC2(CCCN2C(=O)c2ccc(F)cc2C)C1=O. The van der Waals surface area contributed by atoms with Crippen molar-refractivity contribution in [2.45, 2.75) is 38.1 Å². The van der Waals surface area contributed by atoms with Gasteiger partial charge in [0.15, 0.2) is 0 Å². The van der Waals surface area contributed by atoms with Gasteiger partial charge in [-0.15, -0.1) is 0 Å². The van der Waals surface area contributed by atoms with E-state index < -0.39 is 5.54 Å². The van der Waals surface area contributed by atoms with Gasteiger partial charge in [0.25, 0.3) is 5.91 Å². The highest BCUT2D eigenvalue weighted by atomic mass is 19.1.